The first kappa shape index (κ1) is 18.1. The van der Waals surface area contributed by atoms with Gasteiger partial charge in [0.05, 0.1) is 24.3 Å². The van der Waals surface area contributed by atoms with Crippen LogP contribution in [0.4, 0.5) is 5.82 Å². The minimum atomic E-state index is -0.375. The van der Waals surface area contributed by atoms with Gasteiger partial charge < -0.3 is 14.8 Å². The van der Waals surface area contributed by atoms with Crippen molar-refractivity contribution in [3.63, 3.8) is 0 Å². The van der Waals surface area contributed by atoms with Gasteiger partial charge in [-0.1, -0.05) is 6.07 Å². The minimum absolute atomic E-state index is 0.234. The number of hydrogen-bond acceptors (Lipinski definition) is 6. The molecular formula is C20H23N3O3. The maximum absolute atomic E-state index is 11.8. The van der Waals surface area contributed by atoms with Crippen LogP contribution >= 0.6 is 0 Å². The number of ether oxygens (including phenoxy) is 2. The van der Waals surface area contributed by atoms with Crippen molar-refractivity contribution in [2.75, 3.05) is 25.6 Å². The zero-order valence-electron chi connectivity index (χ0n) is 15.3. The minimum Gasteiger partial charge on any atom is -0.465 e. The van der Waals surface area contributed by atoms with Crippen LogP contribution in [-0.2, 0) is 9.47 Å². The van der Waals surface area contributed by atoms with Gasteiger partial charge in [0.2, 0.25) is 0 Å². The van der Waals surface area contributed by atoms with Crippen LogP contribution < -0.4 is 5.32 Å². The van der Waals surface area contributed by atoms with Crippen LogP contribution in [0.2, 0.25) is 0 Å². The number of anilines is 1. The average Bonchev–Trinajstić information content (AvgIpc) is 2.66. The summed E-state index contributed by atoms with van der Waals surface area (Å²) in [6.45, 7) is 5.50. The number of carbonyl (C=O) groups excluding carboxylic acids is 1. The molecule has 0 bridgehead atoms. The second kappa shape index (κ2) is 8.10. The molecule has 136 valence electrons. The van der Waals surface area contributed by atoms with Crippen molar-refractivity contribution in [2.45, 2.75) is 26.4 Å². The van der Waals surface area contributed by atoms with Crippen LogP contribution in [0.3, 0.4) is 0 Å². The van der Waals surface area contributed by atoms with E-state index in [4.69, 9.17) is 14.5 Å². The molecule has 0 radical (unpaired) electrons. The second-order valence-electron chi connectivity index (χ2n) is 6.31. The predicted molar refractivity (Wildman–Crippen MR) is 103 cm³/mol. The van der Waals surface area contributed by atoms with Crippen LogP contribution in [0.15, 0.2) is 36.7 Å². The summed E-state index contributed by atoms with van der Waals surface area (Å²) in [6.07, 6.45) is 4.69. The van der Waals surface area contributed by atoms with Crippen molar-refractivity contribution in [1.82, 2.24) is 9.97 Å². The van der Waals surface area contributed by atoms with Gasteiger partial charge in [0.15, 0.2) is 0 Å². The smallest absolute Gasteiger partial charge is 0.337 e. The maximum atomic E-state index is 11.8. The molecule has 0 saturated heterocycles. The number of benzene rings is 1. The fraction of sp³-hybridized carbons (Fsp3) is 0.350. The Morgan fingerprint density at radius 3 is 2.81 bits per heavy atom. The van der Waals surface area contributed by atoms with Gasteiger partial charge in [0.25, 0.3) is 0 Å². The molecular weight excluding hydrogens is 330 g/mol. The van der Waals surface area contributed by atoms with E-state index < -0.39 is 0 Å². The van der Waals surface area contributed by atoms with E-state index in [0.29, 0.717) is 12.2 Å². The lowest BCUT2D eigenvalue weighted by atomic mass is 10.1. The zero-order valence-corrected chi connectivity index (χ0v) is 15.3. The number of rotatable bonds is 7. The second-order valence-corrected chi connectivity index (χ2v) is 6.31. The molecule has 3 rings (SSSR count). The van der Waals surface area contributed by atoms with Gasteiger partial charge in [-0.25, -0.2) is 9.78 Å². The number of carbonyl (C=O) groups is 1. The Labute approximate surface area is 152 Å². The van der Waals surface area contributed by atoms with E-state index in [1.807, 2.05) is 32.2 Å². The summed E-state index contributed by atoms with van der Waals surface area (Å²) in [4.78, 5) is 20.8. The van der Waals surface area contributed by atoms with Crippen molar-refractivity contribution >= 4 is 33.5 Å². The van der Waals surface area contributed by atoms with Crippen molar-refractivity contribution in [2.24, 2.45) is 0 Å². The van der Waals surface area contributed by atoms with Gasteiger partial charge in [0.1, 0.15) is 5.82 Å². The zero-order chi connectivity index (χ0) is 18.5. The van der Waals surface area contributed by atoms with Gasteiger partial charge in [-0.3, -0.25) is 4.98 Å². The fourth-order valence-corrected chi connectivity index (χ4v) is 2.83. The third-order valence-corrected chi connectivity index (χ3v) is 4.08. The Morgan fingerprint density at radius 1 is 1.19 bits per heavy atom. The van der Waals surface area contributed by atoms with Gasteiger partial charge in [0, 0.05) is 41.7 Å². The lowest BCUT2D eigenvalue weighted by Crippen LogP contribution is -2.10. The number of nitrogens with one attached hydrogen (secondary N) is 1. The van der Waals surface area contributed by atoms with Crippen LogP contribution in [-0.4, -0.2) is 42.3 Å². The molecule has 0 amide bonds. The van der Waals surface area contributed by atoms with E-state index in [0.717, 1.165) is 40.5 Å². The molecule has 0 aliphatic heterocycles. The normalized spacial score (nSPS) is 11.2. The topological polar surface area (TPSA) is 73.3 Å². The first-order valence-corrected chi connectivity index (χ1v) is 8.71. The third kappa shape index (κ3) is 3.91. The van der Waals surface area contributed by atoms with E-state index >= 15 is 0 Å². The van der Waals surface area contributed by atoms with Crippen molar-refractivity contribution in [3.8, 4) is 0 Å². The SMILES string of the molecule is COC(=O)c1ccc2c(c1)nc(NCCCOC(C)C)c1ccncc12. The van der Waals surface area contributed by atoms with E-state index in [9.17, 15) is 4.79 Å². The van der Waals surface area contributed by atoms with Crippen molar-refractivity contribution in [3.05, 3.63) is 42.2 Å². The molecule has 2 heterocycles. The maximum Gasteiger partial charge on any atom is 0.337 e. The van der Waals surface area contributed by atoms with E-state index in [1.54, 1.807) is 18.3 Å². The first-order valence-electron chi connectivity index (χ1n) is 8.71. The Bertz CT molecular complexity index is 925. The molecule has 3 aromatic rings. The predicted octanol–water partition coefficient (Wildman–Crippen LogP) is 3.80. The van der Waals surface area contributed by atoms with Gasteiger partial charge in [-0.05, 0) is 38.5 Å². The molecule has 2 aromatic heterocycles. The molecule has 1 N–H and O–H groups in total. The summed E-state index contributed by atoms with van der Waals surface area (Å²) in [5.74, 6) is 0.404. The highest BCUT2D eigenvalue weighted by Crippen LogP contribution is 2.29. The van der Waals surface area contributed by atoms with Crippen LogP contribution in [0, 0.1) is 0 Å². The summed E-state index contributed by atoms with van der Waals surface area (Å²) < 4.78 is 10.4. The number of aromatic nitrogens is 2. The molecule has 0 aliphatic rings. The molecule has 0 atom stereocenters. The number of methoxy groups -OCH3 is 1. The molecule has 0 spiro atoms. The highest BCUT2D eigenvalue weighted by Gasteiger charge is 2.12. The average molecular weight is 353 g/mol. The van der Waals surface area contributed by atoms with Gasteiger partial charge in [-0.15, -0.1) is 0 Å². The highest BCUT2D eigenvalue weighted by atomic mass is 16.5. The monoisotopic (exact) mass is 353 g/mol. The number of hydrogen-bond donors (Lipinski definition) is 1. The Kier molecular flexibility index (Phi) is 5.63. The molecule has 6 nitrogen and oxygen atoms in total. The number of nitrogens with zero attached hydrogens (tertiary/aromatic N) is 2. The van der Waals surface area contributed by atoms with E-state index in [2.05, 4.69) is 10.3 Å². The summed E-state index contributed by atoms with van der Waals surface area (Å²) in [5, 5.41) is 6.33. The van der Waals surface area contributed by atoms with Crippen molar-refractivity contribution in [1.29, 1.82) is 0 Å². The van der Waals surface area contributed by atoms with E-state index in [1.165, 1.54) is 7.11 Å². The molecule has 0 aliphatic carbocycles. The number of pyridine rings is 2. The summed E-state index contributed by atoms with van der Waals surface area (Å²) in [6, 6.07) is 7.33. The Balaban J connectivity index is 1.93. The number of fused-ring (bicyclic) bond motifs is 3. The molecule has 0 fully saturated rings. The third-order valence-electron chi connectivity index (χ3n) is 4.08. The molecule has 26 heavy (non-hydrogen) atoms. The molecule has 0 saturated carbocycles. The van der Waals surface area contributed by atoms with Crippen LogP contribution in [0.1, 0.15) is 30.6 Å². The summed E-state index contributed by atoms with van der Waals surface area (Å²) >= 11 is 0. The molecule has 0 unspecified atom stereocenters. The lowest BCUT2D eigenvalue weighted by molar-refractivity contribution is 0.0601. The van der Waals surface area contributed by atoms with E-state index in [-0.39, 0.29) is 12.1 Å². The largest absolute Gasteiger partial charge is 0.465 e. The van der Waals surface area contributed by atoms with Crippen molar-refractivity contribution < 1.29 is 14.3 Å². The first-order chi connectivity index (χ1) is 12.6. The van der Waals surface area contributed by atoms with Gasteiger partial charge >= 0.3 is 5.97 Å². The Morgan fingerprint density at radius 2 is 2.04 bits per heavy atom. The summed E-state index contributed by atoms with van der Waals surface area (Å²) in [5.41, 5.74) is 1.21. The molecule has 6 heteroatoms. The standard InChI is InChI=1S/C20H23N3O3/c1-13(2)26-10-4-8-22-19-16-7-9-21-12-17(16)15-6-5-14(20(24)25-3)11-18(15)23-19/h5-7,9,11-13H,4,8,10H2,1-3H3,(H,22,23). The van der Waals surface area contributed by atoms with Crippen LogP contribution in [0.5, 0.6) is 0 Å². The molecule has 1 aromatic carbocycles. The Hall–Kier alpha value is -2.73. The lowest BCUT2D eigenvalue weighted by Gasteiger charge is -2.12. The van der Waals surface area contributed by atoms with Crippen LogP contribution in [0.25, 0.3) is 21.7 Å². The van der Waals surface area contributed by atoms with Gasteiger partial charge in [-0.2, -0.15) is 0 Å². The highest BCUT2D eigenvalue weighted by molar-refractivity contribution is 6.10. The fourth-order valence-electron chi connectivity index (χ4n) is 2.83. The number of esters is 1. The summed E-state index contributed by atoms with van der Waals surface area (Å²) in [7, 11) is 1.37. The quantitative estimate of drug-likeness (QED) is 0.396.